The fraction of sp³-hybridized carbons (Fsp3) is 0.562. The third-order valence-electron chi connectivity index (χ3n) is 3.91. The molecule has 0 radical (unpaired) electrons. The Labute approximate surface area is 120 Å². The van der Waals surface area contributed by atoms with Crippen LogP contribution in [0.5, 0.6) is 5.75 Å². The van der Waals surface area contributed by atoms with Gasteiger partial charge in [0.1, 0.15) is 5.75 Å². The summed E-state index contributed by atoms with van der Waals surface area (Å²) in [5.41, 5.74) is 1.25. The molecule has 2 unspecified atom stereocenters. The zero-order valence-electron chi connectivity index (χ0n) is 12.2. The number of hydrogen-bond acceptors (Lipinski definition) is 3. The lowest BCUT2D eigenvalue weighted by atomic mass is 9.97. The SMILES string of the molecule is CCc1ccc(OCC(=O)N2CCC(O)C(C)C2)cc1. The van der Waals surface area contributed by atoms with Crippen LogP contribution in [0.3, 0.4) is 0 Å². The number of nitrogens with zero attached hydrogens (tertiary/aromatic N) is 1. The van der Waals surface area contributed by atoms with Gasteiger partial charge >= 0.3 is 0 Å². The van der Waals surface area contributed by atoms with Crippen LogP contribution in [-0.2, 0) is 11.2 Å². The standard InChI is InChI=1S/C16H23NO3/c1-3-13-4-6-14(7-5-13)20-11-16(19)17-9-8-15(18)12(2)10-17/h4-7,12,15,18H,3,8-11H2,1-2H3. The van der Waals surface area contributed by atoms with E-state index in [0.29, 0.717) is 19.5 Å². The van der Waals surface area contributed by atoms with Crippen molar-refractivity contribution >= 4 is 5.91 Å². The summed E-state index contributed by atoms with van der Waals surface area (Å²) in [6.07, 6.45) is 1.35. The van der Waals surface area contributed by atoms with Crippen molar-refractivity contribution in [1.82, 2.24) is 4.90 Å². The second-order valence-corrected chi connectivity index (χ2v) is 5.46. The van der Waals surface area contributed by atoms with Crippen LogP contribution in [0.25, 0.3) is 0 Å². The monoisotopic (exact) mass is 277 g/mol. The number of benzene rings is 1. The Morgan fingerprint density at radius 1 is 1.40 bits per heavy atom. The molecule has 1 N–H and O–H groups in total. The van der Waals surface area contributed by atoms with Gasteiger partial charge in [0.05, 0.1) is 6.10 Å². The van der Waals surface area contributed by atoms with Gasteiger partial charge in [0.15, 0.2) is 6.61 Å². The number of hydrogen-bond donors (Lipinski definition) is 1. The molecule has 1 fully saturated rings. The number of rotatable bonds is 4. The third-order valence-corrected chi connectivity index (χ3v) is 3.91. The van der Waals surface area contributed by atoms with Crippen molar-refractivity contribution in [2.75, 3.05) is 19.7 Å². The number of piperidine rings is 1. The van der Waals surface area contributed by atoms with Crippen LogP contribution in [0.4, 0.5) is 0 Å². The minimum atomic E-state index is -0.290. The van der Waals surface area contributed by atoms with Crippen molar-refractivity contribution < 1.29 is 14.6 Å². The number of amides is 1. The van der Waals surface area contributed by atoms with Gasteiger partial charge in [0, 0.05) is 13.1 Å². The highest BCUT2D eigenvalue weighted by Gasteiger charge is 2.27. The maximum Gasteiger partial charge on any atom is 0.260 e. The predicted octanol–water partition coefficient (Wildman–Crippen LogP) is 1.86. The van der Waals surface area contributed by atoms with Gasteiger partial charge in [-0.05, 0) is 36.5 Å². The van der Waals surface area contributed by atoms with Crippen molar-refractivity contribution in [1.29, 1.82) is 0 Å². The number of carbonyl (C=O) groups excluding carboxylic acids is 1. The van der Waals surface area contributed by atoms with Crippen LogP contribution >= 0.6 is 0 Å². The molecule has 0 bridgehead atoms. The fourth-order valence-electron chi connectivity index (χ4n) is 2.42. The summed E-state index contributed by atoms with van der Waals surface area (Å²) in [5, 5.41) is 9.67. The van der Waals surface area contributed by atoms with E-state index in [1.165, 1.54) is 5.56 Å². The summed E-state index contributed by atoms with van der Waals surface area (Å²) >= 11 is 0. The minimum Gasteiger partial charge on any atom is -0.484 e. The van der Waals surface area contributed by atoms with Crippen molar-refractivity contribution in [2.45, 2.75) is 32.8 Å². The van der Waals surface area contributed by atoms with E-state index in [1.54, 1.807) is 4.90 Å². The van der Waals surface area contributed by atoms with E-state index in [4.69, 9.17) is 4.74 Å². The first-order valence-electron chi connectivity index (χ1n) is 7.27. The van der Waals surface area contributed by atoms with Gasteiger partial charge in [-0.15, -0.1) is 0 Å². The summed E-state index contributed by atoms with van der Waals surface area (Å²) in [6, 6.07) is 7.82. The summed E-state index contributed by atoms with van der Waals surface area (Å²) in [4.78, 5) is 13.8. The Bertz CT molecular complexity index is 444. The molecule has 0 spiro atoms. The normalized spacial score (nSPS) is 22.6. The Kier molecular flexibility index (Phi) is 5.01. The highest BCUT2D eigenvalue weighted by atomic mass is 16.5. The summed E-state index contributed by atoms with van der Waals surface area (Å²) in [5.74, 6) is 0.848. The molecule has 1 amide bonds. The van der Waals surface area contributed by atoms with Crippen LogP contribution in [0.15, 0.2) is 24.3 Å². The number of aryl methyl sites for hydroxylation is 1. The van der Waals surface area contributed by atoms with E-state index in [2.05, 4.69) is 6.92 Å². The topological polar surface area (TPSA) is 49.8 Å². The average Bonchev–Trinajstić information content (AvgIpc) is 2.48. The Morgan fingerprint density at radius 2 is 2.10 bits per heavy atom. The average molecular weight is 277 g/mol. The second kappa shape index (κ2) is 6.75. The molecule has 110 valence electrons. The number of ether oxygens (including phenoxy) is 1. The lowest BCUT2D eigenvalue weighted by molar-refractivity contribution is -0.136. The van der Waals surface area contributed by atoms with Gasteiger partial charge in [-0.2, -0.15) is 0 Å². The fourth-order valence-corrected chi connectivity index (χ4v) is 2.42. The molecule has 1 aromatic carbocycles. The molecule has 1 aromatic rings. The molecule has 1 heterocycles. The molecular formula is C16H23NO3. The van der Waals surface area contributed by atoms with E-state index in [9.17, 15) is 9.90 Å². The summed E-state index contributed by atoms with van der Waals surface area (Å²) in [6.45, 7) is 5.36. The predicted molar refractivity (Wildman–Crippen MR) is 77.7 cm³/mol. The van der Waals surface area contributed by atoms with Crippen molar-refractivity contribution in [3.63, 3.8) is 0 Å². The zero-order valence-corrected chi connectivity index (χ0v) is 12.2. The molecule has 0 aliphatic carbocycles. The Morgan fingerprint density at radius 3 is 2.70 bits per heavy atom. The summed E-state index contributed by atoms with van der Waals surface area (Å²) < 4.78 is 5.53. The van der Waals surface area contributed by atoms with E-state index in [-0.39, 0.29) is 24.5 Å². The molecular weight excluding hydrogens is 254 g/mol. The lowest BCUT2D eigenvalue weighted by Crippen LogP contribution is -2.46. The van der Waals surface area contributed by atoms with Crippen LogP contribution in [0, 0.1) is 5.92 Å². The number of aliphatic hydroxyl groups excluding tert-OH is 1. The molecule has 4 heteroatoms. The molecule has 2 rings (SSSR count). The molecule has 0 aromatic heterocycles. The van der Waals surface area contributed by atoms with E-state index in [1.807, 2.05) is 31.2 Å². The number of carbonyl (C=O) groups is 1. The maximum absolute atomic E-state index is 12.1. The van der Waals surface area contributed by atoms with Gasteiger partial charge in [-0.25, -0.2) is 0 Å². The summed E-state index contributed by atoms with van der Waals surface area (Å²) in [7, 11) is 0. The van der Waals surface area contributed by atoms with E-state index >= 15 is 0 Å². The molecule has 20 heavy (non-hydrogen) atoms. The maximum atomic E-state index is 12.1. The highest BCUT2D eigenvalue weighted by Crippen LogP contribution is 2.17. The van der Waals surface area contributed by atoms with Crippen LogP contribution in [0.2, 0.25) is 0 Å². The smallest absolute Gasteiger partial charge is 0.260 e. The van der Waals surface area contributed by atoms with Crippen LogP contribution in [-0.4, -0.2) is 41.7 Å². The van der Waals surface area contributed by atoms with Crippen molar-refractivity contribution in [3.8, 4) is 5.75 Å². The van der Waals surface area contributed by atoms with E-state index < -0.39 is 0 Å². The molecule has 1 aliphatic rings. The molecule has 1 saturated heterocycles. The van der Waals surface area contributed by atoms with Gasteiger partial charge < -0.3 is 14.7 Å². The first-order chi connectivity index (χ1) is 9.60. The van der Waals surface area contributed by atoms with Crippen LogP contribution < -0.4 is 4.74 Å². The highest BCUT2D eigenvalue weighted by molar-refractivity contribution is 5.77. The van der Waals surface area contributed by atoms with Gasteiger partial charge in [0.2, 0.25) is 0 Å². The van der Waals surface area contributed by atoms with E-state index in [0.717, 1.165) is 12.2 Å². The third kappa shape index (κ3) is 3.73. The molecule has 4 nitrogen and oxygen atoms in total. The first kappa shape index (κ1) is 14.9. The van der Waals surface area contributed by atoms with Crippen molar-refractivity contribution in [2.24, 2.45) is 5.92 Å². The Balaban J connectivity index is 1.82. The molecule has 1 aliphatic heterocycles. The van der Waals surface area contributed by atoms with Gasteiger partial charge in [-0.1, -0.05) is 26.0 Å². The number of aliphatic hydroxyl groups is 1. The second-order valence-electron chi connectivity index (χ2n) is 5.46. The minimum absolute atomic E-state index is 0.0108. The molecule has 2 atom stereocenters. The quantitative estimate of drug-likeness (QED) is 0.914. The van der Waals surface area contributed by atoms with Crippen LogP contribution in [0.1, 0.15) is 25.8 Å². The first-order valence-corrected chi connectivity index (χ1v) is 7.27. The van der Waals surface area contributed by atoms with Gasteiger partial charge in [-0.3, -0.25) is 4.79 Å². The number of likely N-dealkylation sites (tertiary alicyclic amines) is 1. The van der Waals surface area contributed by atoms with Crippen molar-refractivity contribution in [3.05, 3.63) is 29.8 Å². The van der Waals surface area contributed by atoms with Gasteiger partial charge in [0.25, 0.3) is 5.91 Å². The Hall–Kier alpha value is -1.55. The molecule has 0 saturated carbocycles. The lowest BCUT2D eigenvalue weighted by Gasteiger charge is -2.34. The zero-order chi connectivity index (χ0) is 14.5. The largest absolute Gasteiger partial charge is 0.484 e.